The Kier molecular flexibility index (Phi) is 39.3. The number of hydrogen-bond donors (Lipinski definition) is 1. The van der Waals surface area contributed by atoms with Gasteiger partial charge in [-0.25, -0.2) is 0 Å². The van der Waals surface area contributed by atoms with Crippen LogP contribution in [-0.4, -0.2) is 16.2 Å². The van der Waals surface area contributed by atoms with E-state index in [4.69, 9.17) is 15.0 Å². The first-order valence-corrected chi connectivity index (χ1v) is 5.25. The van der Waals surface area contributed by atoms with Crippen molar-refractivity contribution < 1.29 is 26.0 Å². The smallest absolute Gasteiger partial charge is 0 e. The third-order valence-corrected chi connectivity index (χ3v) is 2.46. The summed E-state index contributed by atoms with van der Waals surface area (Å²) < 4.78 is 4.13. The van der Waals surface area contributed by atoms with E-state index in [9.17, 15) is 0 Å². The second-order valence-electron chi connectivity index (χ2n) is 4.44. The molecule has 0 aliphatic carbocycles. The summed E-state index contributed by atoms with van der Waals surface area (Å²) in [5, 5.41) is 8.52. The zero-order valence-corrected chi connectivity index (χ0v) is 14.4. The predicted molar refractivity (Wildman–Crippen MR) is 70.4 cm³/mol. The molecule has 0 aliphatic heterocycles. The van der Waals surface area contributed by atoms with Crippen LogP contribution in [0.4, 0.5) is 0 Å². The van der Waals surface area contributed by atoms with Crippen molar-refractivity contribution in [3.05, 3.63) is 24.8 Å². The first-order valence-electron chi connectivity index (χ1n) is 3.81. The molecule has 0 amide bonds. The van der Waals surface area contributed by atoms with Crippen LogP contribution in [-0.2, 0) is 20.9 Å². The van der Waals surface area contributed by atoms with E-state index in [0.717, 1.165) is 20.9 Å². The minimum Gasteiger partial charge on any atom is -0.358 e. The Hall–Kier alpha value is 0.100. The monoisotopic (exact) mass is 404 g/mol. The van der Waals surface area contributed by atoms with Crippen molar-refractivity contribution in [3.63, 3.8) is 0 Å². The van der Waals surface area contributed by atoms with Gasteiger partial charge in [-0.05, 0) is 20.8 Å². The predicted octanol–water partition coefficient (Wildman–Crippen LogP) is 3.90. The van der Waals surface area contributed by atoms with E-state index in [-0.39, 0.29) is 27.8 Å². The standard InChI is InChI=1S/C4H9N.C4H10O.CH4.2CH3.O2.Ta/c2*1-4(2,3)5;;;;1-2;/h1-3H3;5H,1-3H3;1H4;2*1H3;;/q;;;2*-1;;. The molecule has 0 spiro atoms. The molecule has 0 aromatic carbocycles. The van der Waals surface area contributed by atoms with E-state index in [1.54, 1.807) is 20.8 Å². The van der Waals surface area contributed by atoms with E-state index < -0.39 is 5.60 Å². The molecule has 0 atom stereocenters. The Morgan fingerprint density at radius 1 is 0.938 bits per heavy atom. The third kappa shape index (κ3) is 252. The van der Waals surface area contributed by atoms with Crippen LogP contribution < -0.4 is 0 Å². The Morgan fingerprint density at radius 3 is 1.00 bits per heavy atom. The van der Waals surface area contributed by atoms with Crippen LogP contribution in [0.3, 0.4) is 0 Å². The first kappa shape index (κ1) is 36.0. The zero-order valence-electron chi connectivity index (χ0n) is 11.2. The molecule has 0 aliphatic rings. The SMILES string of the molecule is C.CC(C)(C)O.CC(C)(C)[N]=[Ta].O=O.[CH3-].[CH3-]. The van der Waals surface area contributed by atoms with Gasteiger partial charge in [-0.15, -0.1) is 0 Å². The molecule has 5 heteroatoms. The van der Waals surface area contributed by atoms with Crippen LogP contribution in [0.15, 0.2) is 3.34 Å². The van der Waals surface area contributed by atoms with Crippen molar-refractivity contribution in [2.24, 2.45) is 3.34 Å². The van der Waals surface area contributed by atoms with Gasteiger partial charge in [0.1, 0.15) is 0 Å². The molecule has 0 aromatic heterocycles. The minimum absolute atomic E-state index is 0. The molecule has 0 unspecified atom stereocenters. The fraction of sp³-hybridized carbons (Fsp3) is 0.818. The summed E-state index contributed by atoms with van der Waals surface area (Å²) in [6.45, 7) is 11.5. The molecule has 0 saturated carbocycles. The van der Waals surface area contributed by atoms with Gasteiger partial charge >= 0.3 is 50.5 Å². The van der Waals surface area contributed by atoms with Gasteiger partial charge in [-0.1, -0.05) is 7.43 Å². The normalized spacial score (nSPS) is 8.12. The van der Waals surface area contributed by atoms with Crippen LogP contribution in [0.2, 0.25) is 0 Å². The van der Waals surface area contributed by atoms with Crippen LogP contribution in [0.5, 0.6) is 0 Å². The quantitative estimate of drug-likeness (QED) is 0.623. The van der Waals surface area contributed by atoms with Crippen LogP contribution in [0.1, 0.15) is 49.0 Å². The van der Waals surface area contributed by atoms with Crippen molar-refractivity contribution in [2.75, 3.05) is 0 Å². The molecular weight excluding hydrogens is 375 g/mol. The molecule has 4 nitrogen and oxygen atoms in total. The van der Waals surface area contributed by atoms with Crippen molar-refractivity contribution in [1.82, 2.24) is 0 Å². The molecule has 0 heterocycles. The summed E-state index contributed by atoms with van der Waals surface area (Å²) in [6, 6.07) is 0. The van der Waals surface area contributed by atoms with Crippen LogP contribution in [0.25, 0.3) is 0 Å². The van der Waals surface area contributed by atoms with Crippen molar-refractivity contribution in [3.8, 4) is 0 Å². The van der Waals surface area contributed by atoms with E-state index in [1.807, 2.05) is 0 Å². The topological polar surface area (TPSA) is 66.7 Å². The molecule has 0 radical (unpaired) electrons. The van der Waals surface area contributed by atoms with Gasteiger partial charge in [-0.3, -0.25) is 0 Å². The Morgan fingerprint density at radius 2 is 1.00 bits per heavy atom. The summed E-state index contributed by atoms with van der Waals surface area (Å²) >= 11 is 1.15. The van der Waals surface area contributed by atoms with Gasteiger partial charge in [0.05, 0.1) is 5.60 Å². The maximum Gasteiger partial charge on any atom is 0 e. The summed E-state index contributed by atoms with van der Waals surface area (Å²) in [4.78, 5) is 14.0. The molecule has 16 heavy (non-hydrogen) atoms. The van der Waals surface area contributed by atoms with E-state index in [1.165, 1.54) is 0 Å². The van der Waals surface area contributed by atoms with Gasteiger partial charge < -0.3 is 20.0 Å². The fourth-order valence-electron chi connectivity index (χ4n) is 0. The summed E-state index contributed by atoms with van der Waals surface area (Å²) in [5.74, 6) is 0. The molecule has 1 N–H and O–H groups in total. The second kappa shape index (κ2) is 17.5. The average Bonchev–Trinajstić information content (AvgIpc) is 1.87. The van der Waals surface area contributed by atoms with Gasteiger partial charge in [0, 0.05) is 9.93 Å². The van der Waals surface area contributed by atoms with Gasteiger partial charge in [0.15, 0.2) is 0 Å². The Labute approximate surface area is 114 Å². The van der Waals surface area contributed by atoms with Gasteiger partial charge in [-0.2, -0.15) is 0 Å². The molecule has 0 rings (SSSR count). The second-order valence-corrected chi connectivity index (χ2v) is 5.16. The Bertz CT molecular complexity index is 122. The minimum atomic E-state index is -0.500. The maximum atomic E-state index is 8.52. The van der Waals surface area contributed by atoms with Crippen LogP contribution >= 0.6 is 0 Å². The average molecular weight is 404 g/mol. The summed E-state index contributed by atoms with van der Waals surface area (Å²) in [5.41, 5.74) is -0.284. The summed E-state index contributed by atoms with van der Waals surface area (Å²) in [6.07, 6.45) is 0. The van der Waals surface area contributed by atoms with Crippen molar-refractivity contribution in [2.45, 2.75) is 60.1 Å². The Balaban J connectivity index is -0.0000000234. The fourth-order valence-corrected chi connectivity index (χ4v) is 0. The molecule has 0 aromatic rings. The number of rotatable bonds is 0. The van der Waals surface area contributed by atoms with Gasteiger partial charge in [0.25, 0.3) is 0 Å². The molecule has 103 valence electrons. The van der Waals surface area contributed by atoms with E-state index >= 15 is 0 Å². The largest absolute Gasteiger partial charge is 0.358 e. The number of aliphatic hydroxyl groups is 1. The molecule has 0 fully saturated rings. The molecule has 0 bridgehead atoms. The number of nitrogens with zero attached hydrogens (tertiary/aromatic N) is 1. The van der Waals surface area contributed by atoms with E-state index in [2.05, 4.69) is 24.1 Å². The summed E-state index contributed by atoms with van der Waals surface area (Å²) in [7, 11) is 0. The molecule has 0 saturated heterocycles. The zero-order chi connectivity index (χ0) is 11.7. The van der Waals surface area contributed by atoms with Crippen molar-refractivity contribution >= 4 is 0 Å². The maximum absolute atomic E-state index is 8.52. The molecular formula is C11H29NO3Ta-2. The van der Waals surface area contributed by atoms with Gasteiger partial charge in [0.2, 0.25) is 0 Å². The number of hydrogen-bond acceptors (Lipinski definition) is 4. The third-order valence-electron chi connectivity index (χ3n) is 0.300. The van der Waals surface area contributed by atoms with Crippen molar-refractivity contribution in [1.29, 1.82) is 0 Å². The first-order chi connectivity index (χ1) is 5.56. The van der Waals surface area contributed by atoms with Crippen LogP contribution in [0, 0.1) is 24.8 Å². The van der Waals surface area contributed by atoms with E-state index in [0.29, 0.717) is 0 Å².